The molecule has 6 heteroatoms. The fourth-order valence-electron chi connectivity index (χ4n) is 2.86. The number of amides is 1. The first-order valence-electron chi connectivity index (χ1n) is 8.59. The van der Waals surface area contributed by atoms with E-state index >= 15 is 0 Å². The molecule has 1 aliphatic heterocycles. The van der Waals surface area contributed by atoms with E-state index in [1.165, 1.54) is 42.6 Å². The van der Waals surface area contributed by atoms with Crippen molar-refractivity contribution in [2.45, 2.75) is 45.7 Å². The van der Waals surface area contributed by atoms with Crippen molar-refractivity contribution in [1.82, 2.24) is 20.4 Å². The fourth-order valence-corrected chi connectivity index (χ4v) is 3.66. The van der Waals surface area contributed by atoms with Crippen molar-refractivity contribution in [2.24, 2.45) is 0 Å². The molecule has 2 aromatic rings. The Morgan fingerprint density at radius 2 is 1.83 bits per heavy atom. The summed E-state index contributed by atoms with van der Waals surface area (Å²) in [5, 5.41) is 12.6. The van der Waals surface area contributed by atoms with Gasteiger partial charge in [-0.25, -0.2) is 0 Å². The van der Waals surface area contributed by atoms with Gasteiger partial charge in [0.15, 0.2) is 0 Å². The van der Waals surface area contributed by atoms with Crippen molar-refractivity contribution < 1.29 is 4.79 Å². The number of nitrogens with zero attached hydrogens (tertiary/aromatic N) is 3. The monoisotopic (exact) mass is 344 g/mol. The van der Waals surface area contributed by atoms with Gasteiger partial charge in [0, 0.05) is 6.54 Å². The van der Waals surface area contributed by atoms with E-state index in [4.69, 9.17) is 0 Å². The molecule has 0 atom stereocenters. The summed E-state index contributed by atoms with van der Waals surface area (Å²) >= 11 is 1.40. The summed E-state index contributed by atoms with van der Waals surface area (Å²) in [4.78, 5) is 14.6. The maximum absolute atomic E-state index is 12.2. The summed E-state index contributed by atoms with van der Waals surface area (Å²) in [6.45, 7) is 5.61. The smallest absolute Gasteiger partial charge is 0.282 e. The first-order valence-corrected chi connectivity index (χ1v) is 9.41. The number of benzene rings is 1. The molecule has 0 saturated carbocycles. The number of aryl methyl sites for hydroxylation is 1. The molecule has 5 nitrogen and oxygen atoms in total. The minimum Gasteiger partial charge on any atom is -0.346 e. The van der Waals surface area contributed by atoms with Gasteiger partial charge >= 0.3 is 0 Å². The van der Waals surface area contributed by atoms with Crippen LogP contribution in [0.4, 0.5) is 0 Å². The number of hydrogen-bond donors (Lipinski definition) is 1. The molecule has 1 N–H and O–H groups in total. The van der Waals surface area contributed by atoms with Crippen molar-refractivity contribution in [3.8, 4) is 0 Å². The molecular weight excluding hydrogens is 320 g/mol. The molecule has 0 radical (unpaired) electrons. The van der Waals surface area contributed by atoms with E-state index in [-0.39, 0.29) is 5.91 Å². The summed E-state index contributed by atoms with van der Waals surface area (Å²) in [5.41, 5.74) is 2.30. The van der Waals surface area contributed by atoms with E-state index in [1.54, 1.807) is 0 Å². The van der Waals surface area contributed by atoms with Gasteiger partial charge in [0.2, 0.25) is 5.01 Å². The second-order valence-electron chi connectivity index (χ2n) is 6.36. The Balaban J connectivity index is 1.52. The standard InChI is InChI=1S/C18H24N4OS/c1-14-6-8-15(9-7-14)12-19-17(23)18-21-20-16(24-18)13-22-10-4-2-3-5-11-22/h6-9H,2-5,10-13H2,1H3,(H,19,23). The molecule has 2 heterocycles. The van der Waals surface area contributed by atoms with Crippen molar-refractivity contribution in [3.63, 3.8) is 0 Å². The van der Waals surface area contributed by atoms with Gasteiger partial charge in [0.25, 0.3) is 5.91 Å². The lowest BCUT2D eigenvalue weighted by Gasteiger charge is -2.17. The predicted octanol–water partition coefficient (Wildman–Crippen LogP) is 3.15. The molecule has 24 heavy (non-hydrogen) atoms. The molecule has 1 aliphatic rings. The van der Waals surface area contributed by atoms with Crippen molar-refractivity contribution in [2.75, 3.05) is 13.1 Å². The van der Waals surface area contributed by atoms with Gasteiger partial charge in [-0.2, -0.15) is 0 Å². The van der Waals surface area contributed by atoms with E-state index in [1.807, 2.05) is 24.3 Å². The first kappa shape index (κ1) is 17.0. The van der Waals surface area contributed by atoms with Crippen LogP contribution in [0.3, 0.4) is 0 Å². The molecule has 0 bridgehead atoms. The molecule has 1 amide bonds. The highest BCUT2D eigenvalue weighted by Crippen LogP contribution is 2.16. The largest absolute Gasteiger partial charge is 0.346 e. The third kappa shape index (κ3) is 4.85. The third-order valence-electron chi connectivity index (χ3n) is 4.29. The molecule has 128 valence electrons. The van der Waals surface area contributed by atoms with Crippen LogP contribution in [0.25, 0.3) is 0 Å². The number of nitrogens with one attached hydrogen (secondary N) is 1. The number of carbonyl (C=O) groups excluding carboxylic acids is 1. The Labute approximate surface area is 147 Å². The Kier molecular flexibility index (Phi) is 5.93. The minimum atomic E-state index is -0.143. The zero-order valence-corrected chi connectivity index (χ0v) is 14.9. The molecule has 0 aliphatic carbocycles. The summed E-state index contributed by atoms with van der Waals surface area (Å²) in [7, 11) is 0. The number of likely N-dealkylation sites (tertiary alicyclic amines) is 1. The van der Waals surface area contributed by atoms with Crippen LogP contribution in [0.2, 0.25) is 0 Å². The number of aromatic nitrogens is 2. The van der Waals surface area contributed by atoms with Gasteiger partial charge < -0.3 is 5.32 Å². The van der Waals surface area contributed by atoms with Crippen LogP contribution in [0.5, 0.6) is 0 Å². The van der Waals surface area contributed by atoms with Crippen molar-refractivity contribution in [1.29, 1.82) is 0 Å². The highest BCUT2D eigenvalue weighted by Gasteiger charge is 2.16. The Morgan fingerprint density at radius 3 is 2.54 bits per heavy atom. The molecule has 1 fully saturated rings. The van der Waals surface area contributed by atoms with Crippen molar-refractivity contribution in [3.05, 3.63) is 45.4 Å². The van der Waals surface area contributed by atoms with Gasteiger partial charge in [-0.3, -0.25) is 9.69 Å². The van der Waals surface area contributed by atoms with Gasteiger partial charge in [0.05, 0.1) is 6.54 Å². The van der Waals surface area contributed by atoms with E-state index in [0.717, 1.165) is 30.2 Å². The van der Waals surface area contributed by atoms with E-state index in [9.17, 15) is 4.79 Å². The van der Waals surface area contributed by atoms with E-state index in [0.29, 0.717) is 11.6 Å². The minimum absolute atomic E-state index is 0.143. The molecular formula is C18H24N4OS. The second kappa shape index (κ2) is 8.35. The Morgan fingerprint density at radius 1 is 1.12 bits per heavy atom. The summed E-state index contributed by atoms with van der Waals surface area (Å²) in [5.74, 6) is -0.143. The Hall–Kier alpha value is -1.79. The molecule has 0 spiro atoms. The van der Waals surface area contributed by atoms with Crippen LogP contribution in [0.1, 0.15) is 51.6 Å². The van der Waals surface area contributed by atoms with E-state index < -0.39 is 0 Å². The number of carbonyl (C=O) groups is 1. The number of hydrogen-bond acceptors (Lipinski definition) is 5. The quantitative estimate of drug-likeness (QED) is 0.905. The van der Waals surface area contributed by atoms with Crippen molar-refractivity contribution >= 4 is 17.2 Å². The SMILES string of the molecule is Cc1ccc(CNC(=O)c2nnc(CN3CCCCCC3)s2)cc1. The van der Waals surface area contributed by atoms with Crippen LogP contribution in [-0.4, -0.2) is 34.1 Å². The highest BCUT2D eigenvalue weighted by atomic mass is 32.1. The second-order valence-corrected chi connectivity index (χ2v) is 7.42. The lowest BCUT2D eigenvalue weighted by Crippen LogP contribution is -2.23. The predicted molar refractivity (Wildman–Crippen MR) is 96.0 cm³/mol. The summed E-state index contributed by atoms with van der Waals surface area (Å²) in [6.07, 6.45) is 5.14. The van der Waals surface area contributed by atoms with Crippen LogP contribution in [0, 0.1) is 6.92 Å². The first-order chi connectivity index (χ1) is 11.7. The van der Waals surface area contributed by atoms with Gasteiger partial charge in [-0.15, -0.1) is 10.2 Å². The average molecular weight is 344 g/mol. The lowest BCUT2D eigenvalue weighted by molar-refractivity contribution is 0.0950. The average Bonchev–Trinajstić information content (AvgIpc) is 2.90. The van der Waals surface area contributed by atoms with Crippen LogP contribution in [-0.2, 0) is 13.1 Å². The van der Waals surface area contributed by atoms with Gasteiger partial charge in [0.1, 0.15) is 5.01 Å². The summed E-state index contributed by atoms with van der Waals surface area (Å²) < 4.78 is 0. The third-order valence-corrected chi connectivity index (χ3v) is 5.20. The maximum atomic E-state index is 12.2. The van der Waals surface area contributed by atoms with Crippen LogP contribution < -0.4 is 5.32 Å². The lowest BCUT2D eigenvalue weighted by atomic mass is 10.1. The topological polar surface area (TPSA) is 58.1 Å². The van der Waals surface area contributed by atoms with Crippen LogP contribution >= 0.6 is 11.3 Å². The molecule has 1 saturated heterocycles. The highest BCUT2D eigenvalue weighted by molar-refractivity contribution is 7.13. The number of rotatable bonds is 5. The fraction of sp³-hybridized carbons (Fsp3) is 0.500. The van der Waals surface area contributed by atoms with Crippen LogP contribution in [0.15, 0.2) is 24.3 Å². The molecule has 3 rings (SSSR count). The zero-order valence-electron chi connectivity index (χ0n) is 14.1. The normalized spacial score (nSPS) is 15.9. The zero-order chi connectivity index (χ0) is 16.8. The maximum Gasteiger partial charge on any atom is 0.282 e. The van der Waals surface area contributed by atoms with Gasteiger partial charge in [-0.05, 0) is 38.4 Å². The molecule has 1 aromatic heterocycles. The Bertz CT molecular complexity index is 660. The van der Waals surface area contributed by atoms with E-state index in [2.05, 4.69) is 27.3 Å². The summed E-state index contributed by atoms with van der Waals surface area (Å²) in [6, 6.07) is 8.15. The molecule has 1 aromatic carbocycles. The van der Waals surface area contributed by atoms with Gasteiger partial charge in [-0.1, -0.05) is 54.0 Å². The molecule has 0 unspecified atom stereocenters.